The van der Waals surface area contributed by atoms with Crippen LogP contribution in [0.25, 0.3) is 11.1 Å². The Morgan fingerprint density at radius 3 is 2.00 bits per heavy atom. The lowest BCUT2D eigenvalue weighted by Gasteiger charge is -2.02. The highest BCUT2D eigenvalue weighted by Gasteiger charge is 2.08. The van der Waals surface area contributed by atoms with Gasteiger partial charge in [0.05, 0.1) is 5.69 Å². The van der Waals surface area contributed by atoms with Gasteiger partial charge in [-0.05, 0) is 51.3 Å². The van der Waals surface area contributed by atoms with Crippen LogP contribution in [0.1, 0.15) is 55.1 Å². The van der Waals surface area contributed by atoms with Crippen molar-refractivity contribution in [3.63, 3.8) is 0 Å². The molecule has 2 heterocycles. The molecule has 128 valence electrons. The van der Waals surface area contributed by atoms with Crippen molar-refractivity contribution in [1.82, 2.24) is 9.78 Å². The lowest BCUT2D eigenvalue weighted by molar-refractivity contribution is 0.529. The topological polar surface area (TPSA) is 17.8 Å². The van der Waals surface area contributed by atoms with Crippen molar-refractivity contribution in [1.29, 1.82) is 0 Å². The second kappa shape index (κ2) is 8.29. The zero-order valence-corrected chi connectivity index (χ0v) is 16.4. The van der Waals surface area contributed by atoms with E-state index in [0.717, 1.165) is 5.69 Å². The fraction of sp³-hybridized carbons (Fsp3) is 0.381. The van der Waals surface area contributed by atoms with Crippen LogP contribution < -0.4 is 0 Å². The van der Waals surface area contributed by atoms with Gasteiger partial charge in [0.1, 0.15) is 0 Å². The fourth-order valence-electron chi connectivity index (χ4n) is 2.41. The van der Waals surface area contributed by atoms with E-state index in [1.165, 1.54) is 20.9 Å². The summed E-state index contributed by atoms with van der Waals surface area (Å²) in [5.41, 5.74) is 3.56. The molecule has 0 unspecified atom stereocenters. The standard InChI is InChI=1S/C13H16N2.C8H12S/c1-10(2)15-9-13(11(3)14-15)12-7-5-4-6-8-12;1-6(2)8-5-4-7(3)9-8/h4-10H,1-3H3;4-6H,1-3H3. The zero-order chi connectivity index (χ0) is 17.7. The Balaban J connectivity index is 0.000000198. The van der Waals surface area contributed by atoms with E-state index in [1.807, 2.05) is 22.1 Å². The van der Waals surface area contributed by atoms with Crippen LogP contribution >= 0.6 is 11.3 Å². The molecule has 1 aromatic carbocycles. The van der Waals surface area contributed by atoms with Crippen molar-refractivity contribution in [3.05, 3.63) is 64.1 Å². The Labute approximate surface area is 150 Å². The number of rotatable bonds is 3. The Bertz CT molecular complexity index is 751. The molecule has 3 aromatic rings. The maximum absolute atomic E-state index is 4.50. The van der Waals surface area contributed by atoms with Crippen molar-refractivity contribution in [2.75, 3.05) is 0 Å². The third-order valence-corrected chi connectivity index (χ3v) is 5.16. The first-order valence-corrected chi connectivity index (χ1v) is 9.37. The van der Waals surface area contributed by atoms with Crippen molar-refractivity contribution in [3.8, 4) is 11.1 Å². The summed E-state index contributed by atoms with van der Waals surface area (Å²) < 4.78 is 2.01. The summed E-state index contributed by atoms with van der Waals surface area (Å²) in [6.45, 7) is 12.9. The highest BCUT2D eigenvalue weighted by atomic mass is 32.1. The van der Waals surface area contributed by atoms with Crippen LogP contribution in [0.5, 0.6) is 0 Å². The smallest absolute Gasteiger partial charge is 0.0672 e. The first-order valence-electron chi connectivity index (χ1n) is 8.56. The van der Waals surface area contributed by atoms with Gasteiger partial charge in [-0.2, -0.15) is 5.10 Å². The van der Waals surface area contributed by atoms with E-state index in [2.05, 4.69) is 89.2 Å². The molecule has 2 aromatic heterocycles. The molecule has 0 fully saturated rings. The average molecular weight is 341 g/mol. The van der Waals surface area contributed by atoms with Crippen LogP contribution in [0, 0.1) is 13.8 Å². The summed E-state index contributed by atoms with van der Waals surface area (Å²) in [4.78, 5) is 2.91. The molecule has 24 heavy (non-hydrogen) atoms. The van der Waals surface area contributed by atoms with Crippen molar-refractivity contribution < 1.29 is 0 Å². The third-order valence-electron chi connectivity index (χ3n) is 3.86. The van der Waals surface area contributed by atoms with Gasteiger partial charge < -0.3 is 0 Å². The molecule has 0 radical (unpaired) electrons. The van der Waals surface area contributed by atoms with E-state index in [0.29, 0.717) is 12.0 Å². The molecule has 3 heteroatoms. The maximum Gasteiger partial charge on any atom is 0.0672 e. The summed E-state index contributed by atoms with van der Waals surface area (Å²) >= 11 is 1.90. The molecule has 0 aliphatic carbocycles. The Kier molecular flexibility index (Phi) is 6.38. The number of benzene rings is 1. The molecule has 0 spiro atoms. The zero-order valence-electron chi connectivity index (χ0n) is 15.6. The van der Waals surface area contributed by atoms with Gasteiger partial charge in [0.25, 0.3) is 0 Å². The molecular formula is C21H28N2S. The number of thiophene rings is 1. The average Bonchev–Trinajstić information content (AvgIpc) is 3.15. The molecule has 0 atom stereocenters. The normalized spacial score (nSPS) is 10.8. The van der Waals surface area contributed by atoms with E-state index in [-0.39, 0.29) is 0 Å². The Morgan fingerprint density at radius 2 is 1.58 bits per heavy atom. The molecule has 0 saturated carbocycles. The summed E-state index contributed by atoms with van der Waals surface area (Å²) in [7, 11) is 0. The maximum atomic E-state index is 4.50. The quantitative estimate of drug-likeness (QED) is 0.524. The molecule has 0 amide bonds. The number of hydrogen-bond acceptors (Lipinski definition) is 2. The first kappa shape index (κ1) is 18.5. The van der Waals surface area contributed by atoms with E-state index in [9.17, 15) is 0 Å². The molecule has 3 rings (SSSR count). The molecule has 0 aliphatic heterocycles. The predicted octanol–water partition coefficient (Wildman–Crippen LogP) is 6.62. The second-order valence-corrected chi connectivity index (χ2v) is 7.99. The van der Waals surface area contributed by atoms with Gasteiger partial charge in [0.2, 0.25) is 0 Å². The number of aromatic nitrogens is 2. The van der Waals surface area contributed by atoms with Crippen LogP contribution in [0.15, 0.2) is 48.7 Å². The second-order valence-electron chi connectivity index (χ2n) is 6.67. The van der Waals surface area contributed by atoms with Gasteiger partial charge in [0.15, 0.2) is 0 Å². The third kappa shape index (κ3) is 4.81. The van der Waals surface area contributed by atoms with E-state index < -0.39 is 0 Å². The van der Waals surface area contributed by atoms with Crippen LogP contribution in [0.2, 0.25) is 0 Å². The van der Waals surface area contributed by atoms with Gasteiger partial charge in [-0.15, -0.1) is 11.3 Å². The molecule has 2 nitrogen and oxygen atoms in total. The highest BCUT2D eigenvalue weighted by Crippen LogP contribution is 2.23. The fourth-order valence-corrected chi connectivity index (χ4v) is 3.29. The summed E-state index contributed by atoms with van der Waals surface area (Å²) in [6.07, 6.45) is 2.12. The summed E-state index contributed by atoms with van der Waals surface area (Å²) in [6, 6.07) is 15.2. The van der Waals surface area contributed by atoms with Crippen LogP contribution in [0.3, 0.4) is 0 Å². The van der Waals surface area contributed by atoms with E-state index in [4.69, 9.17) is 0 Å². The molecule has 0 saturated heterocycles. The van der Waals surface area contributed by atoms with Crippen LogP contribution in [-0.2, 0) is 0 Å². The van der Waals surface area contributed by atoms with Crippen molar-refractivity contribution in [2.45, 2.75) is 53.5 Å². The number of nitrogens with zero attached hydrogens (tertiary/aromatic N) is 2. The monoisotopic (exact) mass is 340 g/mol. The van der Waals surface area contributed by atoms with Gasteiger partial charge >= 0.3 is 0 Å². The molecular weight excluding hydrogens is 312 g/mol. The van der Waals surface area contributed by atoms with Gasteiger partial charge in [-0.3, -0.25) is 4.68 Å². The number of aryl methyl sites for hydroxylation is 2. The molecule has 0 aliphatic rings. The van der Waals surface area contributed by atoms with Gasteiger partial charge in [0, 0.05) is 27.6 Å². The van der Waals surface area contributed by atoms with Crippen LogP contribution in [0.4, 0.5) is 0 Å². The predicted molar refractivity (Wildman–Crippen MR) is 106 cm³/mol. The largest absolute Gasteiger partial charge is 0.269 e. The summed E-state index contributed by atoms with van der Waals surface area (Å²) in [5.74, 6) is 0.698. The minimum atomic E-state index is 0.418. The SMILES string of the molecule is Cc1ccc(C(C)C)s1.Cc1nn(C(C)C)cc1-c1ccccc1. The van der Waals surface area contributed by atoms with Crippen LogP contribution in [-0.4, -0.2) is 9.78 Å². The lowest BCUT2D eigenvalue weighted by atomic mass is 10.1. The van der Waals surface area contributed by atoms with E-state index >= 15 is 0 Å². The summed E-state index contributed by atoms with van der Waals surface area (Å²) in [5, 5.41) is 4.50. The van der Waals surface area contributed by atoms with Crippen molar-refractivity contribution in [2.24, 2.45) is 0 Å². The Morgan fingerprint density at radius 1 is 0.917 bits per heavy atom. The minimum Gasteiger partial charge on any atom is -0.269 e. The Hall–Kier alpha value is -1.87. The lowest BCUT2D eigenvalue weighted by Crippen LogP contribution is -2.00. The van der Waals surface area contributed by atoms with Gasteiger partial charge in [-0.25, -0.2) is 0 Å². The minimum absolute atomic E-state index is 0.418. The van der Waals surface area contributed by atoms with Gasteiger partial charge in [-0.1, -0.05) is 44.2 Å². The highest BCUT2D eigenvalue weighted by molar-refractivity contribution is 7.12. The number of hydrogen-bond donors (Lipinski definition) is 0. The molecule has 0 bridgehead atoms. The molecule has 0 N–H and O–H groups in total. The van der Waals surface area contributed by atoms with Crippen molar-refractivity contribution >= 4 is 11.3 Å². The first-order chi connectivity index (χ1) is 11.4. The van der Waals surface area contributed by atoms with E-state index in [1.54, 1.807) is 0 Å².